The Morgan fingerprint density at radius 1 is 0.714 bits per heavy atom. The summed E-state index contributed by atoms with van der Waals surface area (Å²) in [5.74, 6) is 1.52. The second kappa shape index (κ2) is 7.26. The molecular formula is C23H24N2O3. The molecule has 2 unspecified atom stereocenters. The quantitative estimate of drug-likeness (QED) is 0.809. The number of hydroxylamine groups is 4. The summed E-state index contributed by atoms with van der Waals surface area (Å²) < 4.78 is 0. The molecule has 0 saturated heterocycles. The lowest BCUT2D eigenvalue weighted by Crippen LogP contribution is -2.46. The predicted molar refractivity (Wildman–Crippen MR) is 108 cm³/mol. The Labute approximate surface area is 165 Å². The number of carbonyl (C=O) groups is 1. The highest BCUT2D eigenvalue weighted by Gasteiger charge is 2.46. The maximum atomic E-state index is 13.8. The van der Waals surface area contributed by atoms with Gasteiger partial charge in [0.2, 0.25) is 0 Å². The molecule has 0 N–H and O–H groups in total. The van der Waals surface area contributed by atoms with Crippen LogP contribution in [-0.2, 0) is 14.5 Å². The van der Waals surface area contributed by atoms with E-state index in [-0.39, 0.29) is 5.78 Å². The van der Waals surface area contributed by atoms with Gasteiger partial charge in [-0.1, -0.05) is 60.7 Å². The highest BCUT2D eigenvalue weighted by molar-refractivity contribution is 6.07. The van der Waals surface area contributed by atoms with Crippen molar-refractivity contribution in [2.75, 3.05) is 14.1 Å². The topological polar surface area (TPSA) is 42.0 Å². The van der Waals surface area contributed by atoms with E-state index < -0.39 is 12.1 Å². The predicted octanol–water partition coefficient (Wildman–Crippen LogP) is 3.91. The van der Waals surface area contributed by atoms with E-state index in [9.17, 15) is 4.79 Å². The highest BCUT2D eigenvalue weighted by Crippen LogP contribution is 2.39. The number of benzene rings is 2. The van der Waals surface area contributed by atoms with Crippen molar-refractivity contribution in [3.05, 3.63) is 83.3 Å². The first-order chi connectivity index (χ1) is 13.5. The van der Waals surface area contributed by atoms with Gasteiger partial charge in [0.05, 0.1) is 0 Å². The van der Waals surface area contributed by atoms with E-state index in [1.54, 1.807) is 24.2 Å². The van der Waals surface area contributed by atoms with Crippen molar-refractivity contribution < 1.29 is 14.5 Å². The van der Waals surface area contributed by atoms with Gasteiger partial charge >= 0.3 is 0 Å². The molecule has 0 fully saturated rings. The molecular weight excluding hydrogens is 352 g/mol. The van der Waals surface area contributed by atoms with E-state index in [1.165, 1.54) is 0 Å². The molecule has 2 heterocycles. The second-order valence-electron chi connectivity index (χ2n) is 7.15. The molecule has 0 bridgehead atoms. The van der Waals surface area contributed by atoms with E-state index in [1.807, 2.05) is 74.5 Å². The van der Waals surface area contributed by atoms with Crippen LogP contribution in [0.1, 0.15) is 25.0 Å². The van der Waals surface area contributed by atoms with Gasteiger partial charge in [0.1, 0.15) is 23.6 Å². The Balaban J connectivity index is 1.75. The average Bonchev–Trinajstić information content (AvgIpc) is 3.16. The maximum absolute atomic E-state index is 13.8. The number of likely N-dealkylation sites (N-methyl/N-ethyl adjacent to an activating group) is 2. The van der Waals surface area contributed by atoms with Crippen molar-refractivity contribution in [3.63, 3.8) is 0 Å². The smallest absolute Gasteiger partial charge is 0.183 e. The first kappa shape index (κ1) is 18.5. The van der Waals surface area contributed by atoms with Crippen LogP contribution >= 0.6 is 0 Å². The van der Waals surface area contributed by atoms with Crippen molar-refractivity contribution in [2.24, 2.45) is 0 Å². The summed E-state index contributed by atoms with van der Waals surface area (Å²) >= 11 is 0. The summed E-state index contributed by atoms with van der Waals surface area (Å²) in [5, 5.41) is 3.29. The van der Waals surface area contributed by atoms with Gasteiger partial charge in [-0.25, -0.2) is 0 Å². The molecule has 2 aliphatic heterocycles. The van der Waals surface area contributed by atoms with Gasteiger partial charge in [-0.3, -0.25) is 4.79 Å². The zero-order valence-corrected chi connectivity index (χ0v) is 16.5. The minimum atomic E-state index is -0.511. The van der Waals surface area contributed by atoms with Crippen LogP contribution in [0.5, 0.6) is 0 Å². The number of nitrogens with zero attached hydrogens (tertiary/aromatic N) is 2. The molecule has 4 rings (SSSR count). The normalized spacial score (nSPS) is 23.1. The molecule has 144 valence electrons. The van der Waals surface area contributed by atoms with Gasteiger partial charge in [0.15, 0.2) is 5.78 Å². The van der Waals surface area contributed by atoms with Gasteiger partial charge in [-0.15, -0.1) is 10.1 Å². The van der Waals surface area contributed by atoms with Gasteiger partial charge in [0, 0.05) is 25.2 Å². The van der Waals surface area contributed by atoms with Crippen LogP contribution in [0, 0.1) is 0 Å². The largest absolute Gasteiger partial charge is 0.410 e. The number of hydrogen-bond donors (Lipinski definition) is 0. The monoisotopic (exact) mass is 376 g/mol. The number of rotatable bonds is 4. The summed E-state index contributed by atoms with van der Waals surface area (Å²) in [7, 11) is 3.60. The van der Waals surface area contributed by atoms with E-state index >= 15 is 0 Å². The van der Waals surface area contributed by atoms with Crippen molar-refractivity contribution in [1.82, 2.24) is 10.1 Å². The molecule has 5 nitrogen and oxygen atoms in total. The summed E-state index contributed by atoms with van der Waals surface area (Å²) in [6.07, 6.45) is 0. The highest BCUT2D eigenvalue weighted by atomic mass is 16.7. The summed E-state index contributed by atoms with van der Waals surface area (Å²) in [4.78, 5) is 25.5. The zero-order valence-electron chi connectivity index (χ0n) is 16.5. The molecule has 0 aromatic heterocycles. The zero-order chi connectivity index (χ0) is 19.8. The van der Waals surface area contributed by atoms with Crippen LogP contribution in [0.25, 0.3) is 11.1 Å². The molecule has 0 aliphatic carbocycles. The lowest BCUT2D eigenvalue weighted by Gasteiger charge is -2.26. The Morgan fingerprint density at radius 2 is 1.07 bits per heavy atom. The Kier molecular flexibility index (Phi) is 4.79. The summed E-state index contributed by atoms with van der Waals surface area (Å²) in [6.45, 7) is 3.81. The second-order valence-corrected chi connectivity index (χ2v) is 7.15. The van der Waals surface area contributed by atoms with Crippen LogP contribution in [0.3, 0.4) is 0 Å². The van der Waals surface area contributed by atoms with Crippen LogP contribution in [0.15, 0.2) is 72.2 Å². The molecule has 0 amide bonds. The Bertz CT molecular complexity index is 873. The third kappa shape index (κ3) is 3.03. The van der Waals surface area contributed by atoms with Crippen LogP contribution in [-0.4, -0.2) is 42.1 Å². The molecule has 28 heavy (non-hydrogen) atoms. The van der Waals surface area contributed by atoms with E-state index in [2.05, 4.69) is 0 Å². The van der Waals surface area contributed by atoms with Crippen molar-refractivity contribution in [2.45, 2.75) is 25.9 Å². The van der Waals surface area contributed by atoms with Crippen molar-refractivity contribution in [3.8, 4) is 0 Å². The van der Waals surface area contributed by atoms with Crippen molar-refractivity contribution in [1.29, 1.82) is 0 Å². The molecule has 0 saturated carbocycles. The number of hydrogen-bond acceptors (Lipinski definition) is 5. The minimum absolute atomic E-state index is 0.0245. The van der Waals surface area contributed by atoms with E-state index in [0.29, 0.717) is 0 Å². The summed E-state index contributed by atoms with van der Waals surface area (Å²) in [6, 6.07) is 18.8. The molecule has 2 aliphatic rings. The average molecular weight is 376 g/mol. The van der Waals surface area contributed by atoms with Gasteiger partial charge in [-0.2, -0.15) is 0 Å². The lowest BCUT2D eigenvalue weighted by molar-refractivity contribution is -0.152. The van der Waals surface area contributed by atoms with Gasteiger partial charge in [0.25, 0.3) is 0 Å². The SMILES string of the molecule is CC1=C(c2ccccc2)C(C(=O)C2C(c3ccccc3)=C(C)ON2C)N(C)O1. The number of allylic oxidation sites excluding steroid dienone is 2. The van der Waals surface area contributed by atoms with Crippen LogP contribution < -0.4 is 0 Å². The minimum Gasteiger partial charge on any atom is -0.410 e. The van der Waals surface area contributed by atoms with E-state index in [0.717, 1.165) is 33.8 Å². The number of ketones is 1. The molecule has 0 spiro atoms. The first-order valence-corrected chi connectivity index (χ1v) is 9.36. The Hall–Kier alpha value is -2.89. The molecule has 5 heteroatoms. The first-order valence-electron chi connectivity index (χ1n) is 9.36. The van der Waals surface area contributed by atoms with Crippen molar-refractivity contribution >= 4 is 16.9 Å². The van der Waals surface area contributed by atoms with Gasteiger partial charge < -0.3 is 9.68 Å². The number of Topliss-reactive ketones (excluding diaryl/α,β-unsaturated/α-hetero) is 1. The fourth-order valence-electron chi connectivity index (χ4n) is 4.13. The fourth-order valence-corrected chi connectivity index (χ4v) is 4.13. The number of carbonyl (C=O) groups excluding carboxylic acids is 1. The van der Waals surface area contributed by atoms with Crippen LogP contribution in [0.4, 0.5) is 0 Å². The summed E-state index contributed by atoms with van der Waals surface area (Å²) in [5.41, 5.74) is 3.79. The lowest BCUT2D eigenvalue weighted by atomic mass is 9.87. The molecule has 0 radical (unpaired) electrons. The molecule has 2 aromatic rings. The van der Waals surface area contributed by atoms with E-state index in [4.69, 9.17) is 9.68 Å². The molecule has 2 atom stereocenters. The third-order valence-corrected chi connectivity index (χ3v) is 5.30. The van der Waals surface area contributed by atoms with Gasteiger partial charge in [-0.05, 0) is 25.0 Å². The Morgan fingerprint density at radius 3 is 1.43 bits per heavy atom. The maximum Gasteiger partial charge on any atom is 0.183 e. The third-order valence-electron chi connectivity index (χ3n) is 5.30. The fraction of sp³-hybridized carbons (Fsp3) is 0.261. The molecule has 2 aromatic carbocycles. The standard InChI is InChI=1S/C23H24N2O3/c1-15-19(17-11-7-5-8-12-17)21(24(3)27-15)23(26)22-20(16(2)28-25(22)4)18-13-9-6-10-14-18/h5-14,21-22H,1-4H3. The van der Waals surface area contributed by atoms with Crippen LogP contribution in [0.2, 0.25) is 0 Å².